The standard InChI is InChI=1S/C9H13N.C2H6/c1-3-8-5-6-10-9(4-2)7-8;1-2/h5-7H,3-4H2,1-2H3;1-2H3. The Morgan fingerprint density at radius 2 is 1.83 bits per heavy atom. The number of hydrogen-bond acceptors (Lipinski definition) is 1. The maximum absolute atomic E-state index is 4.21. The van der Waals surface area contributed by atoms with Crippen LogP contribution in [0.15, 0.2) is 18.3 Å². The summed E-state index contributed by atoms with van der Waals surface area (Å²) in [6, 6.07) is 4.24. The van der Waals surface area contributed by atoms with E-state index in [9.17, 15) is 0 Å². The van der Waals surface area contributed by atoms with Gasteiger partial charge in [-0.25, -0.2) is 0 Å². The molecule has 0 spiro atoms. The fourth-order valence-electron chi connectivity index (χ4n) is 0.941. The minimum atomic E-state index is 1.04. The Kier molecular flexibility index (Phi) is 6.35. The van der Waals surface area contributed by atoms with Crippen molar-refractivity contribution in [2.45, 2.75) is 40.5 Å². The van der Waals surface area contributed by atoms with Gasteiger partial charge in [0.2, 0.25) is 0 Å². The molecule has 0 fully saturated rings. The summed E-state index contributed by atoms with van der Waals surface area (Å²) >= 11 is 0. The molecule has 1 nitrogen and oxygen atoms in total. The highest BCUT2D eigenvalue weighted by molar-refractivity contribution is 5.15. The Morgan fingerprint density at radius 1 is 1.17 bits per heavy atom. The second-order valence-electron chi connectivity index (χ2n) is 2.36. The maximum Gasteiger partial charge on any atom is 0.0403 e. The van der Waals surface area contributed by atoms with E-state index in [-0.39, 0.29) is 0 Å². The molecule has 0 bridgehead atoms. The summed E-state index contributed by atoms with van der Waals surface area (Å²) in [6.45, 7) is 8.29. The van der Waals surface area contributed by atoms with Gasteiger partial charge in [-0.15, -0.1) is 0 Å². The zero-order valence-electron chi connectivity index (χ0n) is 8.59. The van der Waals surface area contributed by atoms with E-state index < -0.39 is 0 Å². The summed E-state index contributed by atoms with van der Waals surface area (Å²) in [5.74, 6) is 0. The van der Waals surface area contributed by atoms with E-state index in [2.05, 4.69) is 31.0 Å². The molecule has 1 rings (SSSR count). The summed E-state index contributed by atoms with van der Waals surface area (Å²) in [4.78, 5) is 4.21. The molecule has 0 aliphatic heterocycles. The van der Waals surface area contributed by atoms with Gasteiger partial charge >= 0.3 is 0 Å². The molecule has 0 saturated carbocycles. The average molecular weight is 165 g/mol. The van der Waals surface area contributed by atoms with Crippen LogP contribution in [-0.2, 0) is 12.8 Å². The van der Waals surface area contributed by atoms with Crippen molar-refractivity contribution in [1.82, 2.24) is 4.98 Å². The van der Waals surface area contributed by atoms with Gasteiger partial charge in [0.05, 0.1) is 0 Å². The smallest absolute Gasteiger partial charge is 0.0403 e. The topological polar surface area (TPSA) is 12.9 Å². The van der Waals surface area contributed by atoms with Gasteiger partial charge in [0, 0.05) is 11.9 Å². The summed E-state index contributed by atoms with van der Waals surface area (Å²) in [5, 5.41) is 0. The van der Waals surface area contributed by atoms with Crippen molar-refractivity contribution in [3.05, 3.63) is 29.6 Å². The Labute approximate surface area is 75.8 Å². The van der Waals surface area contributed by atoms with E-state index in [1.54, 1.807) is 0 Å². The molecule has 0 aliphatic rings. The fourth-order valence-corrected chi connectivity index (χ4v) is 0.941. The quantitative estimate of drug-likeness (QED) is 0.655. The third-order valence-electron chi connectivity index (χ3n) is 1.65. The Morgan fingerprint density at radius 3 is 2.33 bits per heavy atom. The number of nitrogens with zero attached hydrogens (tertiary/aromatic N) is 1. The van der Waals surface area contributed by atoms with Gasteiger partial charge in [0.25, 0.3) is 0 Å². The van der Waals surface area contributed by atoms with Crippen LogP contribution >= 0.6 is 0 Å². The number of aryl methyl sites for hydroxylation is 2. The molecule has 12 heavy (non-hydrogen) atoms. The van der Waals surface area contributed by atoms with E-state index in [4.69, 9.17) is 0 Å². The lowest BCUT2D eigenvalue weighted by Crippen LogP contribution is -1.88. The SMILES string of the molecule is CC.CCc1ccnc(CC)c1. The highest BCUT2D eigenvalue weighted by atomic mass is 14.7. The predicted octanol–water partition coefficient (Wildman–Crippen LogP) is 3.23. The molecule has 1 heteroatoms. The molecule has 0 radical (unpaired) electrons. The molecule has 0 atom stereocenters. The van der Waals surface area contributed by atoms with Gasteiger partial charge in [-0.05, 0) is 30.5 Å². The summed E-state index contributed by atoms with van der Waals surface area (Å²) in [6.07, 6.45) is 4.03. The summed E-state index contributed by atoms with van der Waals surface area (Å²) in [5.41, 5.74) is 2.58. The van der Waals surface area contributed by atoms with E-state index in [1.165, 1.54) is 11.3 Å². The molecule has 1 heterocycles. The Hall–Kier alpha value is -0.850. The van der Waals surface area contributed by atoms with Gasteiger partial charge in [-0.2, -0.15) is 0 Å². The molecule has 0 saturated heterocycles. The van der Waals surface area contributed by atoms with Crippen LogP contribution < -0.4 is 0 Å². The third-order valence-corrected chi connectivity index (χ3v) is 1.65. The summed E-state index contributed by atoms with van der Waals surface area (Å²) < 4.78 is 0. The van der Waals surface area contributed by atoms with E-state index in [0.29, 0.717) is 0 Å². The van der Waals surface area contributed by atoms with Crippen LogP contribution in [0.2, 0.25) is 0 Å². The highest BCUT2D eigenvalue weighted by Crippen LogP contribution is 2.02. The molecule has 1 aromatic heterocycles. The first-order valence-electron chi connectivity index (χ1n) is 4.80. The third kappa shape index (κ3) is 3.51. The van der Waals surface area contributed by atoms with Crippen LogP contribution in [0.5, 0.6) is 0 Å². The van der Waals surface area contributed by atoms with Gasteiger partial charge in [0.15, 0.2) is 0 Å². The zero-order chi connectivity index (χ0) is 9.40. The van der Waals surface area contributed by atoms with E-state index in [1.807, 2.05) is 20.0 Å². The van der Waals surface area contributed by atoms with Crippen molar-refractivity contribution < 1.29 is 0 Å². The molecule has 1 aromatic rings. The van der Waals surface area contributed by atoms with Gasteiger partial charge < -0.3 is 0 Å². The van der Waals surface area contributed by atoms with Crippen LogP contribution in [0.3, 0.4) is 0 Å². The van der Waals surface area contributed by atoms with Crippen molar-refractivity contribution in [2.24, 2.45) is 0 Å². The molecule has 0 aliphatic carbocycles. The number of rotatable bonds is 2. The monoisotopic (exact) mass is 165 g/mol. The first-order chi connectivity index (χ1) is 5.86. The van der Waals surface area contributed by atoms with E-state index in [0.717, 1.165) is 12.8 Å². The molecule has 68 valence electrons. The van der Waals surface area contributed by atoms with Crippen molar-refractivity contribution >= 4 is 0 Å². The normalized spacial score (nSPS) is 8.67. The number of pyridine rings is 1. The lowest BCUT2D eigenvalue weighted by Gasteiger charge is -1.97. The van der Waals surface area contributed by atoms with Crippen molar-refractivity contribution in [1.29, 1.82) is 0 Å². The van der Waals surface area contributed by atoms with Crippen molar-refractivity contribution in [2.75, 3.05) is 0 Å². The largest absolute Gasteiger partial charge is 0.261 e. The van der Waals surface area contributed by atoms with Gasteiger partial charge in [-0.1, -0.05) is 27.7 Å². The molecule has 0 unspecified atom stereocenters. The molecule has 0 N–H and O–H groups in total. The second kappa shape index (κ2) is 6.84. The average Bonchev–Trinajstić information content (AvgIpc) is 2.21. The van der Waals surface area contributed by atoms with Crippen LogP contribution in [0, 0.1) is 0 Å². The Bertz CT molecular complexity index is 187. The molecular weight excluding hydrogens is 146 g/mol. The molecule has 0 aromatic carbocycles. The second-order valence-corrected chi connectivity index (χ2v) is 2.36. The van der Waals surface area contributed by atoms with Crippen LogP contribution in [0.25, 0.3) is 0 Å². The van der Waals surface area contributed by atoms with Crippen LogP contribution in [0.1, 0.15) is 39.0 Å². The predicted molar refractivity (Wildman–Crippen MR) is 54.3 cm³/mol. The first kappa shape index (κ1) is 11.2. The lowest BCUT2D eigenvalue weighted by atomic mass is 10.1. The summed E-state index contributed by atoms with van der Waals surface area (Å²) in [7, 11) is 0. The van der Waals surface area contributed by atoms with Crippen molar-refractivity contribution in [3.63, 3.8) is 0 Å². The van der Waals surface area contributed by atoms with Gasteiger partial charge in [-0.3, -0.25) is 4.98 Å². The Balaban J connectivity index is 0.000000561. The van der Waals surface area contributed by atoms with E-state index >= 15 is 0 Å². The van der Waals surface area contributed by atoms with Crippen molar-refractivity contribution in [3.8, 4) is 0 Å². The number of aromatic nitrogens is 1. The minimum absolute atomic E-state index is 1.04. The first-order valence-corrected chi connectivity index (χ1v) is 4.80. The molecular formula is C11H19N. The maximum atomic E-state index is 4.21. The fraction of sp³-hybridized carbons (Fsp3) is 0.545. The zero-order valence-corrected chi connectivity index (χ0v) is 8.59. The molecule has 0 amide bonds. The van der Waals surface area contributed by atoms with Crippen LogP contribution in [0.4, 0.5) is 0 Å². The van der Waals surface area contributed by atoms with Gasteiger partial charge in [0.1, 0.15) is 0 Å². The highest BCUT2D eigenvalue weighted by Gasteiger charge is 1.90. The lowest BCUT2D eigenvalue weighted by molar-refractivity contribution is 1.01. The minimum Gasteiger partial charge on any atom is -0.261 e. The van der Waals surface area contributed by atoms with Crippen LogP contribution in [-0.4, -0.2) is 4.98 Å². The number of hydrogen-bond donors (Lipinski definition) is 0.